The Balaban J connectivity index is 1.55. The van der Waals surface area contributed by atoms with E-state index in [0.717, 1.165) is 31.0 Å². The van der Waals surface area contributed by atoms with Crippen LogP contribution in [0.15, 0.2) is 41.0 Å². The highest BCUT2D eigenvalue weighted by Crippen LogP contribution is 2.36. The van der Waals surface area contributed by atoms with E-state index in [1.54, 1.807) is 13.2 Å². The van der Waals surface area contributed by atoms with E-state index in [4.69, 9.17) is 16.0 Å². The van der Waals surface area contributed by atoms with Crippen LogP contribution in [-0.4, -0.2) is 47.9 Å². The van der Waals surface area contributed by atoms with Crippen LogP contribution < -0.4 is 5.32 Å². The van der Waals surface area contributed by atoms with Gasteiger partial charge in [0.2, 0.25) is 5.91 Å². The number of amides is 1. The Hall–Kier alpha value is -2.03. The van der Waals surface area contributed by atoms with E-state index < -0.39 is 22.8 Å². The number of carbonyl (C=O) groups is 1. The summed E-state index contributed by atoms with van der Waals surface area (Å²) in [7, 11) is 0. The number of halogens is 4. The van der Waals surface area contributed by atoms with Gasteiger partial charge >= 0.3 is 6.18 Å². The number of benzene rings is 1. The number of nitrogens with one attached hydrogen (secondary N) is 1. The van der Waals surface area contributed by atoms with Crippen molar-refractivity contribution in [2.45, 2.75) is 25.7 Å². The number of anilines is 1. The lowest BCUT2D eigenvalue weighted by molar-refractivity contribution is -0.137. The highest BCUT2D eigenvalue weighted by Gasteiger charge is 2.34. The summed E-state index contributed by atoms with van der Waals surface area (Å²) in [5.41, 5.74) is -0.892. The molecule has 152 valence electrons. The first kappa shape index (κ1) is 20.7. The first-order chi connectivity index (χ1) is 13.2. The quantitative estimate of drug-likeness (QED) is 0.798. The van der Waals surface area contributed by atoms with Gasteiger partial charge in [-0.25, -0.2) is 0 Å². The Morgan fingerprint density at radius 3 is 2.57 bits per heavy atom. The van der Waals surface area contributed by atoms with Gasteiger partial charge in [-0.2, -0.15) is 13.2 Å². The molecule has 0 aliphatic carbocycles. The first-order valence-corrected chi connectivity index (χ1v) is 9.28. The van der Waals surface area contributed by atoms with E-state index in [2.05, 4.69) is 10.2 Å². The molecule has 1 aliphatic heterocycles. The van der Waals surface area contributed by atoms with Crippen LogP contribution in [0.4, 0.5) is 18.9 Å². The molecule has 5 nitrogen and oxygen atoms in total. The predicted molar refractivity (Wildman–Crippen MR) is 100 cm³/mol. The maximum atomic E-state index is 13.0. The van der Waals surface area contributed by atoms with Crippen molar-refractivity contribution in [1.29, 1.82) is 0 Å². The van der Waals surface area contributed by atoms with Gasteiger partial charge in [0, 0.05) is 31.9 Å². The molecule has 28 heavy (non-hydrogen) atoms. The lowest BCUT2D eigenvalue weighted by Crippen LogP contribution is -2.52. The van der Waals surface area contributed by atoms with Crippen LogP contribution in [-0.2, 0) is 17.5 Å². The Bertz CT molecular complexity index is 803. The van der Waals surface area contributed by atoms with E-state index >= 15 is 0 Å². The second-order valence-corrected chi connectivity index (χ2v) is 7.16. The molecule has 1 aromatic carbocycles. The topological polar surface area (TPSA) is 48.7 Å². The van der Waals surface area contributed by atoms with Gasteiger partial charge in [0.15, 0.2) is 0 Å². The van der Waals surface area contributed by atoms with Crippen LogP contribution in [0, 0.1) is 0 Å². The number of piperazine rings is 1. The third-order valence-corrected chi connectivity index (χ3v) is 5.16. The molecule has 9 heteroatoms. The molecule has 1 atom stereocenters. The zero-order valence-electron chi connectivity index (χ0n) is 15.3. The number of alkyl halides is 3. The average Bonchev–Trinajstić information content (AvgIpc) is 3.15. The summed E-state index contributed by atoms with van der Waals surface area (Å²) in [5.74, 6) is 0.539. The van der Waals surface area contributed by atoms with Gasteiger partial charge in [-0.1, -0.05) is 11.6 Å². The highest BCUT2D eigenvalue weighted by atomic mass is 35.5. The van der Waals surface area contributed by atoms with Crippen molar-refractivity contribution in [3.8, 4) is 0 Å². The second kappa shape index (κ2) is 8.55. The molecule has 1 aliphatic rings. The van der Waals surface area contributed by atoms with Crippen molar-refractivity contribution < 1.29 is 22.4 Å². The van der Waals surface area contributed by atoms with E-state index in [1.165, 1.54) is 6.07 Å². The lowest BCUT2D eigenvalue weighted by atomic mass is 10.1. The fourth-order valence-corrected chi connectivity index (χ4v) is 3.39. The number of furan rings is 1. The van der Waals surface area contributed by atoms with E-state index in [0.29, 0.717) is 19.6 Å². The molecule has 1 aromatic heterocycles. The number of nitrogens with zero attached hydrogens (tertiary/aromatic N) is 2. The molecule has 0 bridgehead atoms. The molecule has 1 N–H and O–H groups in total. The van der Waals surface area contributed by atoms with Crippen LogP contribution in [0.2, 0.25) is 5.02 Å². The minimum Gasteiger partial charge on any atom is -0.468 e. The van der Waals surface area contributed by atoms with Crippen LogP contribution in [0.3, 0.4) is 0 Å². The van der Waals surface area contributed by atoms with Gasteiger partial charge in [0.1, 0.15) is 5.76 Å². The Morgan fingerprint density at radius 2 is 1.96 bits per heavy atom. The lowest BCUT2D eigenvalue weighted by Gasteiger charge is -2.37. The summed E-state index contributed by atoms with van der Waals surface area (Å²) in [6.07, 6.45) is -2.94. The summed E-state index contributed by atoms with van der Waals surface area (Å²) in [6.45, 7) is 5.38. The molecule has 1 fully saturated rings. The molecule has 2 heterocycles. The normalized spacial score (nSPS) is 17.5. The Morgan fingerprint density at radius 1 is 1.25 bits per heavy atom. The molecule has 1 amide bonds. The highest BCUT2D eigenvalue weighted by molar-refractivity contribution is 6.31. The standard InChI is InChI=1S/C19H21ClF3N3O2/c1-13(26-8-6-25(7-9-26)12-15-3-2-10-28-15)18(27)24-14-4-5-17(20)16(11-14)19(21,22)23/h2-5,10-11,13H,6-9,12H2,1H3,(H,24,27). The van der Waals surface area contributed by atoms with E-state index in [-0.39, 0.29) is 11.6 Å². The molecule has 0 radical (unpaired) electrons. The third kappa shape index (κ3) is 5.06. The van der Waals surface area contributed by atoms with Gasteiger partial charge in [-0.05, 0) is 37.3 Å². The van der Waals surface area contributed by atoms with Crippen LogP contribution >= 0.6 is 11.6 Å². The molecular formula is C19H21ClF3N3O2. The second-order valence-electron chi connectivity index (χ2n) is 6.75. The fraction of sp³-hybridized carbons (Fsp3) is 0.421. The van der Waals surface area contributed by atoms with Crippen molar-refractivity contribution >= 4 is 23.2 Å². The maximum absolute atomic E-state index is 13.0. The van der Waals surface area contributed by atoms with Gasteiger partial charge < -0.3 is 9.73 Å². The Labute approximate surface area is 166 Å². The molecule has 1 unspecified atom stereocenters. The van der Waals surface area contributed by atoms with Crippen molar-refractivity contribution in [2.24, 2.45) is 0 Å². The smallest absolute Gasteiger partial charge is 0.417 e. The fourth-order valence-electron chi connectivity index (χ4n) is 3.16. The summed E-state index contributed by atoms with van der Waals surface area (Å²) < 4.78 is 44.3. The zero-order chi connectivity index (χ0) is 20.3. The number of hydrogen-bond donors (Lipinski definition) is 1. The molecular weight excluding hydrogens is 395 g/mol. The molecule has 1 saturated heterocycles. The summed E-state index contributed by atoms with van der Waals surface area (Å²) in [5, 5.41) is 2.16. The summed E-state index contributed by atoms with van der Waals surface area (Å²) in [6, 6.07) is 6.66. The van der Waals surface area contributed by atoms with Gasteiger partial charge in [0.05, 0.1) is 29.4 Å². The number of carbonyl (C=O) groups excluding carboxylic acids is 1. The monoisotopic (exact) mass is 415 g/mol. The van der Waals surface area contributed by atoms with Crippen molar-refractivity contribution in [3.05, 3.63) is 52.9 Å². The van der Waals surface area contributed by atoms with Gasteiger partial charge in [-0.15, -0.1) is 0 Å². The molecule has 2 aromatic rings. The van der Waals surface area contributed by atoms with Crippen LogP contribution in [0.25, 0.3) is 0 Å². The van der Waals surface area contributed by atoms with Crippen molar-refractivity contribution in [1.82, 2.24) is 9.80 Å². The van der Waals surface area contributed by atoms with Crippen LogP contribution in [0.1, 0.15) is 18.2 Å². The SMILES string of the molecule is CC(C(=O)Nc1ccc(Cl)c(C(F)(F)F)c1)N1CCN(Cc2ccco2)CC1. The van der Waals surface area contributed by atoms with Gasteiger partial charge in [0.25, 0.3) is 0 Å². The van der Waals surface area contributed by atoms with Crippen LogP contribution in [0.5, 0.6) is 0 Å². The minimum absolute atomic E-state index is 0.0741. The van der Waals surface area contributed by atoms with Gasteiger partial charge in [-0.3, -0.25) is 14.6 Å². The molecule has 0 spiro atoms. The minimum atomic E-state index is -4.58. The van der Waals surface area contributed by atoms with Crippen molar-refractivity contribution in [3.63, 3.8) is 0 Å². The zero-order valence-corrected chi connectivity index (χ0v) is 16.1. The third-order valence-electron chi connectivity index (χ3n) is 4.83. The average molecular weight is 416 g/mol. The maximum Gasteiger partial charge on any atom is 0.417 e. The predicted octanol–water partition coefficient (Wildman–Crippen LogP) is 4.10. The van der Waals surface area contributed by atoms with Crippen molar-refractivity contribution in [2.75, 3.05) is 31.5 Å². The first-order valence-electron chi connectivity index (χ1n) is 8.90. The molecule has 3 rings (SSSR count). The summed E-state index contributed by atoms with van der Waals surface area (Å²) in [4.78, 5) is 16.7. The largest absolute Gasteiger partial charge is 0.468 e. The number of rotatable bonds is 5. The van der Waals surface area contributed by atoms with E-state index in [9.17, 15) is 18.0 Å². The van der Waals surface area contributed by atoms with E-state index in [1.807, 2.05) is 17.0 Å². The Kier molecular flexibility index (Phi) is 6.32. The summed E-state index contributed by atoms with van der Waals surface area (Å²) >= 11 is 5.61. The molecule has 0 saturated carbocycles. The number of hydrogen-bond acceptors (Lipinski definition) is 4.